The molecule has 0 saturated carbocycles. The van der Waals surface area contributed by atoms with Crippen LogP contribution < -0.4 is 14.8 Å². The van der Waals surface area contributed by atoms with Crippen molar-refractivity contribution in [2.24, 2.45) is 0 Å². The van der Waals surface area contributed by atoms with Crippen LogP contribution in [-0.2, 0) is 10.0 Å². The van der Waals surface area contributed by atoms with Gasteiger partial charge in [-0.2, -0.15) is 0 Å². The van der Waals surface area contributed by atoms with Gasteiger partial charge in [-0.1, -0.05) is 25.1 Å². The number of hydrogen-bond acceptors (Lipinski definition) is 4. The van der Waals surface area contributed by atoms with Crippen molar-refractivity contribution in [2.75, 3.05) is 26.5 Å². The van der Waals surface area contributed by atoms with Crippen molar-refractivity contribution in [2.45, 2.75) is 19.4 Å². The molecule has 6 heteroatoms. The minimum atomic E-state index is -3.17. The van der Waals surface area contributed by atoms with Gasteiger partial charge in [0.05, 0.1) is 12.9 Å². The number of sulfonamides is 1. The Labute approximate surface area is 115 Å². The number of rotatable bonds is 8. The van der Waals surface area contributed by atoms with Gasteiger partial charge < -0.3 is 10.1 Å². The van der Waals surface area contributed by atoms with Gasteiger partial charge in [-0.15, -0.1) is 0 Å². The van der Waals surface area contributed by atoms with E-state index in [0.29, 0.717) is 6.54 Å². The van der Waals surface area contributed by atoms with Gasteiger partial charge >= 0.3 is 0 Å². The van der Waals surface area contributed by atoms with E-state index in [1.807, 2.05) is 24.3 Å². The molecule has 0 radical (unpaired) electrons. The Hall–Kier alpha value is -1.11. The summed E-state index contributed by atoms with van der Waals surface area (Å²) < 4.78 is 30.3. The maximum atomic E-state index is 11.4. The van der Waals surface area contributed by atoms with E-state index in [2.05, 4.69) is 17.0 Å². The minimum absolute atomic E-state index is 0.0646. The van der Waals surface area contributed by atoms with E-state index in [1.54, 1.807) is 7.11 Å². The summed E-state index contributed by atoms with van der Waals surface area (Å²) in [7, 11) is -0.106. The first kappa shape index (κ1) is 15.9. The lowest BCUT2D eigenvalue weighted by Crippen LogP contribution is -2.31. The third-order valence-electron chi connectivity index (χ3n) is 3.00. The highest BCUT2D eigenvalue weighted by Gasteiger charge is 2.14. The molecule has 0 aliphatic rings. The Morgan fingerprint density at radius 1 is 1.32 bits per heavy atom. The first-order chi connectivity index (χ1) is 9.04. The number of benzene rings is 1. The van der Waals surface area contributed by atoms with Crippen LogP contribution in [0.2, 0.25) is 0 Å². The molecule has 0 aromatic heterocycles. The number of ether oxygens (including phenoxy) is 1. The lowest BCUT2D eigenvalue weighted by atomic mass is 10.0. The average molecular weight is 286 g/mol. The van der Waals surface area contributed by atoms with Crippen LogP contribution >= 0.6 is 0 Å². The molecule has 0 saturated heterocycles. The van der Waals surface area contributed by atoms with E-state index in [4.69, 9.17) is 4.74 Å². The molecule has 1 aromatic carbocycles. The molecule has 1 aromatic rings. The monoisotopic (exact) mass is 286 g/mol. The fourth-order valence-corrected chi connectivity index (χ4v) is 2.49. The van der Waals surface area contributed by atoms with E-state index in [9.17, 15) is 8.42 Å². The Morgan fingerprint density at radius 3 is 2.58 bits per heavy atom. The number of hydrogen-bond donors (Lipinski definition) is 2. The van der Waals surface area contributed by atoms with Crippen molar-refractivity contribution in [1.82, 2.24) is 10.0 Å². The fourth-order valence-electron chi connectivity index (χ4n) is 1.90. The van der Waals surface area contributed by atoms with Crippen LogP contribution in [0.5, 0.6) is 5.75 Å². The molecule has 1 unspecified atom stereocenters. The Balaban J connectivity index is 2.68. The average Bonchev–Trinajstić information content (AvgIpc) is 2.43. The molecule has 1 rings (SSSR count). The zero-order valence-corrected chi connectivity index (χ0v) is 12.5. The summed E-state index contributed by atoms with van der Waals surface area (Å²) in [6, 6.07) is 7.85. The quantitative estimate of drug-likeness (QED) is 0.755. The van der Waals surface area contributed by atoms with Crippen LogP contribution in [0.3, 0.4) is 0 Å². The van der Waals surface area contributed by atoms with Crippen molar-refractivity contribution < 1.29 is 13.2 Å². The number of para-hydroxylation sites is 1. The summed E-state index contributed by atoms with van der Waals surface area (Å²) in [5, 5.41) is 3.25. The normalized spacial score (nSPS) is 13.2. The van der Waals surface area contributed by atoms with Gasteiger partial charge in [-0.3, -0.25) is 0 Å². The summed E-state index contributed by atoms with van der Waals surface area (Å²) >= 11 is 0. The van der Waals surface area contributed by atoms with Crippen LogP contribution in [0.25, 0.3) is 0 Å². The van der Waals surface area contributed by atoms with Gasteiger partial charge in [0.25, 0.3) is 0 Å². The molecular formula is C13H22N2O3S. The molecule has 19 heavy (non-hydrogen) atoms. The summed E-state index contributed by atoms with van der Waals surface area (Å²) in [5.74, 6) is 0.883. The van der Waals surface area contributed by atoms with Gasteiger partial charge in [0.15, 0.2) is 0 Å². The van der Waals surface area contributed by atoms with E-state index in [1.165, 1.54) is 7.05 Å². The standard InChI is InChI=1S/C13H22N2O3S/c1-4-12(15-9-10-19(16,17)14-2)11-7-5-6-8-13(11)18-3/h5-8,12,14-15H,4,9-10H2,1-3H3. The molecule has 108 valence electrons. The molecule has 1 atom stereocenters. The van der Waals surface area contributed by atoms with Crippen LogP contribution in [0.15, 0.2) is 24.3 Å². The molecule has 0 amide bonds. The zero-order chi connectivity index (χ0) is 14.3. The van der Waals surface area contributed by atoms with E-state index < -0.39 is 10.0 Å². The van der Waals surface area contributed by atoms with Crippen molar-refractivity contribution in [1.29, 1.82) is 0 Å². The number of methoxy groups -OCH3 is 1. The Kier molecular flexibility index (Phi) is 6.27. The van der Waals surface area contributed by atoms with Crippen LogP contribution in [0.1, 0.15) is 24.9 Å². The maximum Gasteiger partial charge on any atom is 0.212 e. The molecule has 0 aliphatic heterocycles. The summed E-state index contributed by atoms with van der Waals surface area (Å²) in [4.78, 5) is 0. The van der Waals surface area contributed by atoms with E-state index in [-0.39, 0.29) is 11.8 Å². The molecule has 0 bridgehead atoms. The zero-order valence-electron chi connectivity index (χ0n) is 11.6. The second kappa shape index (κ2) is 7.47. The molecule has 0 fully saturated rings. The third kappa shape index (κ3) is 4.81. The highest BCUT2D eigenvalue weighted by atomic mass is 32.2. The molecule has 2 N–H and O–H groups in total. The van der Waals surface area contributed by atoms with Crippen LogP contribution in [0, 0.1) is 0 Å². The second-order valence-corrected chi connectivity index (χ2v) is 6.23. The number of nitrogens with one attached hydrogen (secondary N) is 2. The highest BCUT2D eigenvalue weighted by molar-refractivity contribution is 7.89. The summed E-state index contributed by atoms with van der Waals surface area (Å²) in [6.45, 7) is 2.45. The predicted molar refractivity (Wildman–Crippen MR) is 76.9 cm³/mol. The van der Waals surface area contributed by atoms with E-state index in [0.717, 1.165) is 17.7 Å². The van der Waals surface area contributed by atoms with Gasteiger partial charge in [0, 0.05) is 18.2 Å². The molecule has 0 spiro atoms. The van der Waals surface area contributed by atoms with Crippen molar-refractivity contribution in [3.05, 3.63) is 29.8 Å². The minimum Gasteiger partial charge on any atom is -0.496 e. The van der Waals surface area contributed by atoms with Gasteiger partial charge in [0.2, 0.25) is 10.0 Å². The largest absolute Gasteiger partial charge is 0.496 e. The van der Waals surface area contributed by atoms with Crippen molar-refractivity contribution >= 4 is 10.0 Å². The lowest BCUT2D eigenvalue weighted by molar-refractivity contribution is 0.398. The van der Waals surface area contributed by atoms with Crippen molar-refractivity contribution in [3.8, 4) is 5.75 Å². The third-order valence-corrected chi connectivity index (χ3v) is 4.36. The van der Waals surface area contributed by atoms with E-state index >= 15 is 0 Å². The van der Waals surface area contributed by atoms with Crippen molar-refractivity contribution in [3.63, 3.8) is 0 Å². The maximum absolute atomic E-state index is 11.4. The SMILES string of the molecule is CCC(NCCS(=O)(=O)NC)c1ccccc1OC. The van der Waals surface area contributed by atoms with Gasteiger partial charge in [-0.25, -0.2) is 13.1 Å². The first-order valence-electron chi connectivity index (χ1n) is 6.31. The smallest absolute Gasteiger partial charge is 0.212 e. The molecule has 5 nitrogen and oxygen atoms in total. The molecule has 0 aliphatic carbocycles. The van der Waals surface area contributed by atoms with Gasteiger partial charge in [0.1, 0.15) is 5.75 Å². The Bertz CT molecular complexity index is 488. The lowest BCUT2D eigenvalue weighted by Gasteiger charge is -2.19. The highest BCUT2D eigenvalue weighted by Crippen LogP contribution is 2.26. The van der Waals surface area contributed by atoms with Crippen LogP contribution in [0.4, 0.5) is 0 Å². The molecule has 0 heterocycles. The Morgan fingerprint density at radius 2 is 2.00 bits per heavy atom. The summed E-state index contributed by atoms with van der Waals surface area (Å²) in [5.41, 5.74) is 1.05. The van der Waals surface area contributed by atoms with Gasteiger partial charge in [-0.05, 0) is 19.5 Å². The second-order valence-electron chi connectivity index (χ2n) is 4.18. The topological polar surface area (TPSA) is 67.4 Å². The van der Waals surface area contributed by atoms with Crippen LogP contribution in [-0.4, -0.2) is 34.9 Å². The first-order valence-corrected chi connectivity index (χ1v) is 7.96. The summed E-state index contributed by atoms with van der Waals surface area (Å²) in [6.07, 6.45) is 0.861. The predicted octanol–water partition coefficient (Wildman–Crippen LogP) is 1.29. The molecular weight excluding hydrogens is 264 g/mol. The fraction of sp³-hybridized carbons (Fsp3) is 0.538.